The van der Waals surface area contributed by atoms with Crippen molar-refractivity contribution in [2.75, 3.05) is 5.32 Å². The number of halogens is 1. The second kappa shape index (κ2) is 7.74. The zero-order valence-electron chi connectivity index (χ0n) is 15.1. The van der Waals surface area contributed by atoms with Gasteiger partial charge in [-0.25, -0.2) is 14.1 Å². The Bertz CT molecular complexity index is 1100. The van der Waals surface area contributed by atoms with Crippen LogP contribution in [0.4, 0.5) is 9.52 Å². The average molecular weight is 392 g/mol. The molecule has 7 heteroatoms. The third kappa shape index (κ3) is 4.15. The van der Waals surface area contributed by atoms with E-state index >= 15 is 0 Å². The summed E-state index contributed by atoms with van der Waals surface area (Å²) in [4.78, 5) is 17.8. The summed E-state index contributed by atoms with van der Waals surface area (Å²) < 4.78 is 14.6. The summed E-state index contributed by atoms with van der Waals surface area (Å²) >= 11 is 1.44. The topological polar surface area (TPSA) is 59.8 Å². The predicted molar refractivity (Wildman–Crippen MR) is 108 cm³/mol. The van der Waals surface area contributed by atoms with Gasteiger partial charge in [0.1, 0.15) is 5.82 Å². The highest BCUT2D eigenvalue weighted by molar-refractivity contribution is 7.15. The lowest BCUT2D eigenvalue weighted by Crippen LogP contribution is -2.12. The smallest absolute Gasteiger partial charge is 0.277 e. The van der Waals surface area contributed by atoms with E-state index in [0.29, 0.717) is 10.8 Å². The van der Waals surface area contributed by atoms with E-state index in [4.69, 9.17) is 0 Å². The highest BCUT2D eigenvalue weighted by atomic mass is 32.1. The molecule has 4 aromatic rings. The van der Waals surface area contributed by atoms with Crippen molar-refractivity contribution in [1.82, 2.24) is 14.8 Å². The van der Waals surface area contributed by atoms with Gasteiger partial charge in [-0.05, 0) is 42.8 Å². The van der Waals surface area contributed by atoms with E-state index in [-0.39, 0.29) is 17.4 Å². The molecule has 2 heterocycles. The first-order chi connectivity index (χ1) is 13.6. The number of nitrogens with zero attached hydrogens (tertiary/aromatic N) is 3. The van der Waals surface area contributed by atoms with Crippen molar-refractivity contribution in [2.24, 2.45) is 0 Å². The third-order valence-electron chi connectivity index (χ3n) is 4.19. The molecular formula is C21H17FN4OS. The molecule has 4 rings (SSSR count). The summed E-state index contributed by atoms with van der Waals surface area (Å²) in [6, 6.07) is 15.9. The highest BCUT2D eigenvalue weighted by Crippen LogP contribution is 2.22. The van der Waals surface area contributed by atoms with Crippen molar-refractivity contribution in [3.63, 3.8) is 0 Å². The molecule has 0 atom stereocenters. The minimum atomic E-state index is -0.336. The van der Waals surface area contributed by atoms with Crippen molar-refractivity contribution in [3.05, 3.63) is 94.5 Å². The van der Waals surface area contributed by atoms with Gasteiger partial charge in [-0.3, -0.25) is 10.1 Å². The maximum absolute atomic E-state index is 13.0. The Morgan fingerprint density at radius 2 is 1.86 bits per heavy atom. The molecule has 1 N–H and O–H groups in total. The van der Waals surface area contributed by atoms with E-state index < -0.39 is 0 Å². The summed E-state index contributed by atoms with van der Waals surface area (Å²) in [6.45, 7) is 2.06. The molecule has 0 spiro atoms. The Labute approximate surface area is 165 Å². The van der Waals surface area contributed by atoms with Crippen LogP contribution < -0.4 is 5.32 Å². The molecule has 0 radical (unpaired) electrons. The van der Waals surface area contributed by atoms with Crippen molar-refractivity contribution < 1.29 is 9.18 Å². The average Bonchev–Trinajstić information content (AvgIpc) is 3.34. The number of thiazole rings is 1. The molecule has 2 aromatic heterocycles. The van der Waals surface area contributed by atoms with Crippen molar-refractivity contribution >= 4 is 22.4 Å². The quantitative estimate of drug-likeness (QED) is 0.539. The highest BCUT2D eigenvalue weighted by Gasteiger charge is 2.13. The molecule has 0 aliphatic rings. The number of carbonyl (C=O) groups is 1. The second-order valence-corrected chi connectivity index (χ2v) is 7.49. The van der Waals surface area contributed by atoms with Gasteiger partial charge in [0.05, 0.1) is 5.69 Å². The van der Waals surface area contributed by atoms with Crippen LogP contribution in [0.25, 0.3) is 5.69 Å². The molecule has 0 unspecified atom stereocenters. The van der Waals surface area contributed by atoms with Crippen LogP contribution in [0.1, 0.15) is 26.5 Å². The van der Waals surface area contributed by atoms with Gasteiger partial charge in [-0.2, -0.15) is 5.10 Å². The number of aryl methyl sites for hydroxylation is 1. The number of anilines is 1. The van der Waals surface area contributed by atoms with Crippen molar-refractivity contribution in [2.45, 2.75) is 13.3 Å². The van der Waals surface area contributed by atoms with E-state index in [2.05, 4.69) is 46.6 Å². The van der Waals surface area contributed by atoms with Crippen LogP contribution >= 0.6 is 11.3 Å². The molecule has 0 fully saturated rings. The van der Waals surface area contributed by atoms with E-state index in [1.54, 1.807) is 30.6 Å². The standard InChI is InChI=1S/C21H17FN4OS/c1-14-2-4-15(5-3-14)12-18-13-23-21(28-18)24-20(27)19-10-11-26(25-19)17-8-6-16(22)7-9-17/h2-11,13H,12H2,1H3,(H,23,24,27). The summed E-state index contributed by atoms with van der Waals surface area (Å²) in [7, 11) is 0. The zero-order valence-corrected chi connectivity index (χ0v) is 15.9. The Hall–Kier alpha value is -3.32. The normalized spacial score (nSPS) is 10.8. The summed E-state index contributed by atoms with van der Waals surface area (Å²) in [6.07, 6.45) is 4.21. The van der Waals surface area contributed by atoms with E-state index in [1.807, 2.05) is 0 Å². The Morgan fingerprint density at radius 3 is 2.61 bits per heavy atom. The summed E-state index contributed by atoms with van der Waals surface area (Å²) in [5, 5.41) is 7.56. The van der Waals surface area contributed by atoms with Gasteiger partial charge in [0.25, 0.3) is 5.91 Å². The van der Waals surface area contributed by atoms with Crippen molar-refractivity contribution in [1.29, 1.82) is 0 Å². The van der Waals surface area contributed by atoms with Gasteiger partial charge in [0.2, 0.25) is 0 Å². The monoisotopic (exact) mass is 392 g/mol. The van der Waals surface area contributed by atoms with Gasteiger partial charge in [0, 0.05) is 23.7 Å². The van der Waals surface area contributed by atoms with Gasteiger partial charge in [0.15, 0.2) is 10.8 Å². The van der Waals surface area contributed by atoms with Crippen LogP contribution in [0, 0.1) is 12.7 Å². The lowest BCUT2D eigenvalue weighted by atomic mass is 10.1. The van der Waals surface area contributed by atoms with Crippen LogP contribution in [-0.2, 0) is 6.42 Å². The molecule has 0 bridgehead atoms. The lowest BCUT2D eigenvalue weighted by Gasteiger charge is -2.01. The fourth-order valence-electron chi connectivity index (χ4n) is 2.70. The molecule has 0 aliphatic carbocycles. The maximum atomic E-state index is 13.0. The largest absolute Gasteiger partial charge is 0.296 e. The fourth-order valence-corrected chi connectivity index (χ4v) is 3.54. The Balaban J connectivity index is 1.42. The first kappa shape index (κ1) is 18.1. The number of hydrogen-bond donors (Lipinski definition) is 1. The molecule has 28 heavy (non-hydrogen) atoms. The number of aromatic nitrogens is 3. The van der Waals surface area contributed by atoms with Gasteiger partial charge < -0.3 is 0 Å². The number of benzene rings is 2. The number of hydrogen-bond acceptors (Lipinski definition) is 4. The predicted octanol–water partition coefficient (Wildman–Crippen LogP) is 4.62. The van der Waals surface area contributed by atoms with E-state index in [1.165, 1.54) is 39.3 Å². The van der Waals surface area contributed by atoms with Crippen LogP contribution in [0.3, 0.4) is 0 Å². The molecule has 0 aliphatic heterocycles. The Morgan fingerprint density at radius 1 is 1.11 bits per heavy atom. The Kier molecular flexibility index (Phi) is 4.99. The minimum absolute atomic E-state index is 0.264. The first-order valence-corrected chi connectivity index (χ1v) is 9.52. The first-order valence-electron chi connectivity index (χ1n) is 8.70. The van der Waals surface area contributed by atoms with E-state index in [0.717, 1.165) is 11.3 Å². The molecular weight excluding hydrogens is 375 g/mol. The molecule has 5 nitrogen and oxygen atoms in total. The summed E-state index contributed by atoms with van der Waals surface area (Å²) in [5.74, 6) is -0.656. The molecule has 0 saturated heterocycles. The van der Waals surface area contributed by atoms with Gasteiger partial charge in [-0.15, -0.1) is 11.3 Å². The second-order valence-electron chi connectivity index (χ2n) is 6.37. The third-order valence-corrected chi connectivity index (χ3v) is 5.10. The van der Waals surface area contributed by atoms with Crippen LogP contribution in [0.15, 0.2) is 67.0 Å². The molecule has 2 aromatic carbocycles. The number of amides is 1. The SMILES string of the molecule is Cc1ccc(Cc2cnc(NC(=O)c3ccn(-c4ccc(F)cc4)n3)s2)cc1. The number of carbonyl (C=O) groups excluding carboxylic acids is 1. The number of rotatable bonds is 5. The number of nitrogens with one attached hydrogen (secondary N) is 1. The fraction of sp³-hybridized carbons (Fsp3) is 0.0952. The van der Waals surface area contributed by atoms with Crippen LogP contribution in [0.2, 0.25) is 0 Å². The molecule has 140 valence electrons. The minimum Gasteiger partial charge on any atom is -0.296 e. The van der Waals surface area contributed by atoms with Crippen LogP contribution in [0.5, 0.6) is 0 Å². The maximum Gasteiger partial charge on any atom is 0.277 e. The zero-order chi connectivity index (χ0) is 19.5. The van der Waals surface area contributed by atoms with E-state index in [9.17, 15) is 9.18 Å². The summed E-state index contributed by atoms with van der Waals surface area (Å²) in [5.41, 5.74) is 3.36. The lowest BCUT2D eigenvalue weighted by molar-refractivity contribution is 0.102. The van der Waals surface area contributed by atoms with Crippen LogP contribution in [-0.4, -0.2) is 20.7 Å². The van der Waals surface area contributed by atoms with Crippen molar-refractivity contribution in [3.8, 4) is 5.69 Å². The van der Waals surface area contributed by atoms with Gasteiger partial charge in [-0.1, -0.05) is 29.8 Å². The molecule has 0 saturated carbocycles. The molecule has 1 amide bonds. The van der Waals surface area contributed by atoms with Gasteiger partial charge >= 0.3 is 0 Å².